The van der Waals surface area contributed by atoms with E-state index in [4.69, 9.17) is 17.3 Å². The Morgan fingerprint density at radius 3 is 2.67 bits per heavy atom. The second-order valence-corrected chi connectivity index (χ2v) is 4.37. The zero-order valence-electron chi connectivity index (χ0n) is 8.56. The maximum atomic E-state index is 10.3. The molecule has 1 amide bonds. The van der Waals surface area contributed by atoms with Gasteiger partial charge in [0.2, 0.25) is 0 Å². The smallest absolute Gasteiger partial charge is 0.410 e. The predicted molar refractivity (Wildman–Crippen MR) is 59.7 cm³/mol. The second-order valence-electron chi connectivity index (χ2n) is 3.96. The zero-order chi connectivity index (χ0) is 11.4. The van der Waals surface area contributed by atoms with Crippen molar-refractivity contribution in [3.8, 4) is 0 Å². The van der Waals surface area contributed by atoms with Crippen LogP contribution < -0.4 is 10.6 Å². The summed E-state index contributed by atoms with van der Waals surface area (Å²) in [5, 5.41) is 23.1. The molecule has 0 spiro atoms. The van der Waals surface area contributed by atoms with Gasteiger partial charge in [0.1, 0.15) is 0 Å². The minimum absolute atomic E-state index is 0.135. The number of carboxylic acid groups (broad SMARTS) is 1. The Kier molecular flexibility index (Phi) is 4.28. The van der Waals surface area contributed by atoms with Gasteiger partial charge in [0, 0.05) is 6.04 Å². The molecule has 1 aliphatic rings. The Bertz CT molecular complexity index is 260. The highest BCUT2D eigenvalue weighted by molar-refractivity contribution is 7.80. The maximum Gasteiger partial charge on any atom is 0.410 e. The molecular formula is C9H16N2O3S. The minimum atomic E-state index is -1.16. The van der Waals surface area contributed by atoms with Crippen molar-refractivity contribution < 1.29 is 15.0 Å². The van der Waals surface area contributed by atoms with Crippen molar-refractivity contribution in [2.45, 2.75) is 38.3 Å². The van der Waals surface area contributed by atoms with Crippen molar-refractivity contribution >= 4 is 23.4 Å². The summed E-state index contributed by atoms with van der Waals surface area (Å²) < 4.78 is 0. The normalized spacial score (nSPS) is 30.7. The van der Waals surface area contributed by atoms with Crippen LogP contribution in [0.2, 0.25) is 0 Å². The van der Waals surface area contributed by atoms with Gasteiger partial charge in [0.05, 0.1) is 6.10 Å². The highest BCUT2D eigenvalue weighted by atomic mass is 32.1. The van der Waals surface area contributed by atoms with Crippen molar-refractivity contribution in [3.05, 3.63) is 0 Å². The van der Waals surface area contributed by atoms with E-state index in [9.17, 15) is 9.90 Å². The average molecular weight is 232 g/mol. The quantitative estimate of drug-likeness (QED) is 0.500. The molecule has 1 aliphatic carbocycles. The first kappa shape index (κ1) is 12.2. The van der Waals surface area contributed by atoms with Gasteiger partial charge < -0.3 is 15.5 Å². The number of thiocarbonyl (C=S) groups is 1. The lowest BCUT2D eigenvalue weighted by atomic mass is 9.85. The molecule has 0 bridgehead atoms. The second kappa shape index (κ2) is 5.27. The van der Waals surface area contributed by atoms with Crippen LogP contribution in [0.15, 0.2) is 0 Å². The summed E-state index contributed by atoms with van der Waals surface area (Å²) in [7, 11) is 0. The molecule has 1 rings (SSSR count). The van der Waals surface area contributed by atoms with Crippen LogP contribution in [-0.2, 0) is 0 Å². The number of rotatable bonds is 1. The molecular weight excluding hydrogens is 216 g/mol. The SMILES string of the molecule is C[C@@H]1C[C@H](NC(=S)NC(=O)O)CC[C@@H]1O. The topological polar surface area (TPSA) is 81.6 Å². The van der Waals surface area contributed by atoms with Crippen LogP contribution in [0.5, 0.6) is 0 Å². The third kappa shape index (κ3) is 4.01. The number of aliphatic hydroxyl groups excluding tert-OH is 1. The van der Waals surface area contributed by atoms with E-state index >= 15 is 0 Å². The molecule has 0 saturated heterocycles. The number of aliphatic hydroxyl groups is 1. The summed E-state index contributed by atoms with van der Waals surface area (Å²) in [6.45, 7) is 1.98. The lowest BCUT2D eigenvalue weighted by Gasteiger charge is -2.31. The van der Waals surface area contributed by atoms with Crippen molar-refractivity contribution in [1.82, 2.24) is 10.6 Å². The van der Waals surface area contributed by atoms with E-state index in [-0.39, 0.29) is 23.2 Å². The number of carbonyl (C=O) groups is 1. The summed E-state index contributed by atoms with van der Waals surface area (Å²) >= 11 is 4.81. The molecule has 15 heavy (non-hydrogen) atoms. The molecule has 0 aromatic carbocycles. The number of hydrogen-bond donors (Lipinski definition) is 4. The van der Waals surface area contributed by atoms with Gasteiger partial charge in [-0.05, 0) is 37.4 Å². The predicted octanol–water partition coefficient (Wildman–Crippen LogP) is 0.678. The molecule has 4 N–H and O–H groups in total. The van der Waals surface area contributed by atoms with Gasteiger partial charge in [-0.15, -0.1) is 0 Å². The monoisotopic (exact) mass is 232 g/mol. The molecule has 0 aromatic rings. The molecule has 86 valence electrons. The van der Waals surface area contributed by atoms with Crippen LogP contribution in [0.1, 0.15) is 26.2 Å². The fraction of sp³-hybridized carbons (Fsp3) is 0.778. The molecule has 6 heteroatoms. The Morgan fingerprint density at radius 2 is 2.13 bits per heavy atom. The first-order valence-electron chi connectivity index (χ1n) is 4.97. The molecule has 1 saturated carbocycles. The van der Waals surface area contributed by atoms with E-state index in [2.05, 4.69) is 10.6 Å². The van der Waals surface area contributed by atoms with E-state index in [0.29, 0.717) is 0 Å². The van der Waals surface area contributed by atoms with Crippen molar-refractivity contribution in [3.63, 3.8) is 0 Å². The Labute approximate surface area is 93.9 Å². The van der Waals surface area contributed by atoms with Crippen LogP contribution in [0.25, 0.3) is 0 Å². The Morgan fingerprint density at radius 1 is 1.47 bits per heavy atom. The highest BCUT2D eigenvalue weighted by Gasteiger charge is 2.26. The van der Waals surface area contributed by atoms with Gasteiger partial charge in [-0.1, -0.05) is 6.92 Å². The summed E-state index contributed by atoms with van der Waals surface area (Å²) in [6.07, 6.45) is 0.949. The highest BCUT2D eigenvalue weighted by Crippen LogP contribution is 2.24. The number of hydrogen-bond acceptors (Lipinski definition) is 3. The first-order chi connectivity index (χ1) is 6.99. The van der Waals surface area contributed by atoms with Crippen LogP contribution >= 0.6 is 12.2 Å². The van der Waals surface area contributed by atoms with E-state index in [1.807, 2.05) is 6.92 Å². The Hall–Kier alpha value is -0.880. The van der Waals surface area contributed by atoms with E-state index in [1.54, 1.807) is 0 Å². The summed E-state index contributed by atoms with van der Waals surface area (Å²) in [5.41, 5.74) is 0. The van der Waals surface area contributed by atoms with Crippen LogP contribution in [0.3, 0.4) is 0 Å². The molecule has 3 atom stereocenters. The third-order valence-electron chi connectivity index (χ3n) is 2.68. The van der Waals surface area contributed by atoms with Crippen LogP contribution in [0, 0.1) is 5.92 Å². The van der Waals surface area contributed by atoms with Gasteiger partial charge in [-0.25, -0.2) is 4.79 Å². The Balaban J connectivity index is 2.33. The molecule has 0 aliphatic heterocycles. The lowest BCUT2D eigenvalue weighted by molar-refractivity contribution is 0.0691. The molecule has 5 nitrogen and oxygen atoms in total. The van der Waals surface area contributed by atoms with Gasteiger partial charge in [0.25, 0.3) is 0 Å². The van der Waals surface area contributed by atoms with Gasteiger partial charge in [0.15, 0.2) is 5.11 Å². The van der Waals surface area contributed by atoms with Crippen LogP contribution in [0.4, 0.5) is 4.79 Å². The number of amides is 1. The molecule has 0 heterocycles. The van der Waals surface area contributed by atoms with Crippen molar-refractivity contribution in [1.29, 1.82) is 0 Å². The molecule has 1 fully saturated rings. The lowest BCUT2D eigenvalue weighted by Crippen LogP contribution is -2.47. The van der Waals surface area contributed by atoms with Gasteiger partial charge in [-0.3, -0.25) is 5.32 Å². The molecule has 0 aromatic heterocycles. The fourth-order valence-corrected chi connectivity index (χ4v) is 2.08. The molecule has 0 unspecified atom stereocenters. The van der Waals surface area contributed by atoms with E-state index in [1.165, 1.54) is 0 Å². The van der Waals surface area contributed by atoms with Crippen LogP contribution in [-0.4, -0.2) is 33.6 Å². The van der Waals surface area contributed by atoms with Crippen molar-refractivity contribution in [2.24, 2.45) is 5.92 Å². The summed E-state index contributed by atoms with van der Waals surface area (Å²) in [6, 6.07) is 0.155. The van der Waals surface area contributed by atoms with E-state index in [0.717, 1.165) is 19.3 Å². The number of nitrogens with one attached hydrogen (secondary N) is 2. The maximum absolute atomic E-state index is 10.3. The largest absolute Gasteiger partial charge is 0.465 e. The molecule has 0 radical (unpaired) electrons. The zero-order valence-corrected chi connectivity index (χ0v) is 9.38. The fourth-order valence-electron chi connectivity index (χ4n) is 1.83. The van der Waals surface area contributed by atoms with Gasteiger partial charge in [-0.2, -0.15) is 0 Å². The summed E-state index contributed by atoms with van der Waals surface area (Å²) in [5.74, 6) is 0.226. The first-order valence-corrected chi connectivity index (χ1v) is 5.38. The summed E-state index contributed by atoms with van der Waals surface area (Å²) in [4.78, 5) is 10.3. The third-order valence-corrected chi connectivity index (χ3v) is 2.90. The average Bonchev–Trinajstić information content (AvgIpc) is 2.10. The minimum Gasteiger partial charge on any atom is -0.465 e. The standard InChI is InChI=1S/C9H16N2O3S/c1-5-4-6(2-3-7(5)12)10-8(15)11-9(13)14/h5-7,12H,2-4H2,1H3,(H,13,14)(H2,10,11,15)/t5-,6-,7+/m1/s1. The van der Waals surface area contributed by atoms with E-state index < -0.39 is 6.09 Å². The van der Waals surface area contributed by atoms with Gasteiger partial charge >= 0.3 is 6.09 Å². The van der Waals surface area contributed by atoms with Crippen molar-refractivity contribution in [2.75, 3.05) is 0 Å².